The molecule has 79 heavy (non-hydrogen) atoms. The number of ketones is 1. The van der Waals surface area contributed by atoms with Crippen molar-refractivity contribution >= 4 is 43.7 Å². The number of carboxylic acid groups (broad SMARTS) is 1. The topological polar surface area (TPSA) is 138 Å². The first kappa shape index (κ1) is 63.9. The average Bonchev–Trinajstić information content (AvgIpc) is 3.94. The van der Waals surface area contributed by atoms with E-state index in [2.05, 4.69) is 208 Å². The highest BCUT2D eigenvalue weighted by molar-refractivity contribution is 7.97. The Morgan fingerprint density at radius 1 is 0.532 bits per heavy atom. The van der Waals surface area contributed by atoms with Crippen LogP contribution in [0.3, 0.4) is 0 Å². The Bertz CT molecular complexity index is 2580. The Kier molecular flexibility index (Phi) is 27.2. The van der Waals surface area contributed by atoms with Gasteiger partial charge >= 0.3 is 5.97 Å². The minimum Gasteiger partial charge on any atom is -0.872 e. The normalized spacial score (nSPS) is 15.9. The first-order valence-corrected chi connectivity index (χ1v) is 32.2. The van der Waals surface area contributed by atoms with Crippen LogP contribution in [0.5, 0.6) is 5.75 Å². The van der Waals surface area contributed by atoms with Crippen LogP contribution in [-0.4, -0.2) is 60.1 Å². The van der Waals surface area contributed by atoms with E-state index in [-0.39, 0.29) is 44.5 Å². The van der Waals surface area contributed by atoms with E-state index in [0.29, 0.717) is 12.8 Å². The fourth-order valence-corrected chi connectivity index (χ4v) is 15.8. The maximum Gasteiger partial charge on any atom is 0.335 e. The molecule has 2 aliphatic rings. The lowest BCUT2D eigenvalue weighted by molar-refractivity contribution is -0.268. The number of benzene rings is 7. The van der Waals surface area contributed by atoms with Crippen molar-refractivity contribution in [3.05, 3.63) is 212 Å². The lowest BCUT2D eigenvalue weighted by Gasteiger charge is -2.37. The molecule has 0 aromatic heterocycles. The molecular formula is C68H83NO7S3. The molecule has 9 rings (SSSR count). The number of para-hydroxylation sites is 1. The summed E-state index contributed by atoms with van der Waals surface area (Å²) < 4.78 is 32.7. The molecule has 0 saturated heterocycles. The Labute approximate surface area is 479 Å². The van der Waals surface area contributed by atoms with E-state index in [4.69, 9.17) is 5.11 Å². The first-order chi connectivity index (χ1) is 38.2. The number of nitrogens with zero attached hydrogens (tertiary/aromatic N) is 1. The molecule has 2 unspecified atom stereocenters. The van der Waals surface area contributed by atoms with Gasteiger partial charge in [0.05, 0.1) is 43.2 Å². The summed E-state index contributed by atoms with van der Waals surface area (Å²) >= 11 is 0. The van der Waals surface area contributed by atoms with E-state index in [1.54, 1.807) is 0 Å². The largest absolute Gasteiger partial charge is 0.872 e. The maximum absolute atomic E-state index is 11.8. The smallest absolute Gasteiger partial charge is 0.335 e. The summed E-state index contributed by atoms with van der Waals surface area (Å²) in [4.78, 5) is 32.9. The van der Waals surface area contributed by atoms with Crippen LogP contribution in [0.4, 0.5) is 0 Å². The van der Waals surface area contributed by atoms with Gasteiger partial charge in [0.1, 0.15) is 5.78 Å². The van der Waals surface area contributed by atoms with Gasteiger partial charge in [-0.05, 0) is 142 Å². The molecule has 0 radical (unpaired) electrons. The predicted molar refractivity (Wildman–Crippen MR) is 324 cm³/mol. The fraction of sp³-hybridized carbons (Fsp3) is 0.353. The van der Waals surface area contributed by atoms with Crippen LogP contribution in [-0.2, 0) is 36.7 Å². The van der Waals surface area contributed by atoms with Crippen LogP contribution in [0, 0.1) is 16.7 Å². The van der Waals surface area contributed by atoms with Crippen LogP contribution in [0.2, 0.25) is 0 Å². The van der Waals surface area contributed by atoms with Crippen molar-refractivity contribution in [2.45, 2.75) is 141 Å². The van der Waals surface area contributed by atoms with E-state index in [1.807, 2.05) is 13.8 Å². The van der Waals surface area contributed by atoms with Crippen molar-refractivity contribution in [1.29, 1.82) is 0 Å². The molecule has 1 N–H and O–H groups in total. The number of fused-ring (bicyclic) bond motifs is 2. The number of Topliss-reactive ketones (excluding diaryl/α,β-unsaturated/α-hetero) is 1. The molecule has 2 saturated carbocycles. The number of rotatable bonds is 21. The lowest BCUT2D eigenvalue weighted by atomic mass is 9.70. The van der Waals surface area contributed by atoms with Gasteiger partial charge in [-0.1, -0.05) is 206 Å². The van der Waals surface area contributed by atoms with Crippen LogP contribution in [0.15, 0.2) is 236 Å². The summed E-state index contributed by atoms with van der Waals surface area (Å²) in [5, 5.41) is 19.0. The molecule has 11 heteroatoms. The molecular weight excluding hydrogens is 1040 g/mol. The molecule has 2 bridgehead atoms. The van der Waals surface area contributed by atoms with Gasteiger partial charge in [0, 0.05) is 11.8 Å². The van der Waals surface area contributed by atoms with Gasteiger partial charge in [-0.3, -0.25) is 4.79 Å². The molecule has 0 heterocycles. The van der Waals surface area contributed by atoms with Gasteiger partial charge < -0.3 is 19.7 Å². The minimum atomic E-state index is -4.33. The number of carbonyl (C=O) groups excluding carboxylic acids is 1. The van der Waals surface area contributed by atoms with E-state index >= 15 is 0 Å². The third-order valence-corrected chi connectivity index (χ3v) is 20.1. The molecule has 0 aliphatic heterocycles. The number of aromatic carboxylic acids is 1. The van der Waals surface area contributed by atoms with Crippen molar-refractivity contribution in [2.75, 3.05) is 25.4 Å². The summed E-state index contributed by atoms with van der Waals surface area (Å²) in [6.07, 6.45) is 14.3. The van der Waals surface area contributed by atoms with Gasteiger partial charge in [0.2, 0.25) is 0 Å². The fourth-order valence-electron chi connectivity index (χ4n) is 10.3. The van der Waals surface area contributed by atoms with Crippen molar-refractivity contribution in [3.8, 4) is 5.75 Å². The van der Waals surface area contributed by atoms with Crippen molar-refractivity contribution in [3.63, 3.8) is 0 Å². The predicted octanol–water partition coefficient (Wildman–Crippen LogP) is 15.8. The van der Waals surface area contributed by atoms with Crippen LogP contribution < -0.4 is 5.11 Å². The van der Waals surface area contributed by atoms with E-state index in [0.717, 1.165) is 6.42 Å². The van der Waals surface area contributed by atoms with Gasteiger partial charge in [-0.25, -0.2) is 13.2 Å². The standard InChI is InChI=1S/2C18H15S.C15H33N.C10H16O4S.C7H6O3/c2*1-4-10-16(11-5-1)19(17-12-6-2-7-13-17)18-14-8-3-9-15-18;1-4-7-10-13-16(14-11-8-5-2)15-12-9-6-3;1-9(2)7-3-4-10(9,8(11)5-7)6-15(12,13)14;8-6-4-2-1-3-5(6)7(9)10/h2*1-15H;4-15H2,1-3H3;7H,3-6H2,1-2H3,(H,12,13,14);1-4,8H,(H,9,10)/q2*+1;;;/p-2. The lowest BCUT2D eigenvalue weighted by Crippen LogP contribution is -2.42. The maximum atomic E-state index is 11.8. The number of carboxylic acids is 1. The zero-order valence-corrected chi connectivity index (χ0v) is 49.5. The second-order valence-electron chi connectivity index (χ2n) is 20.6. The number of unbranched alkanes of at least 4 members (excludes halogenated alkanes) is 6. The molecule has 2 aliphatic carbocycles. The second kappa shape index (κ2) is 33.6. The molecule has 8 nitrogen and oxygen atoms in total. The Morgan fingerprint density at radius 2 is 0.835 bits per heavy atom. The highest BCUT2D eigenvalue weighted by Gasteiger charge is 2.64. The Hall–Kier alpha value is -5.95. The third kappa shape index (κ3) is 20.0. The molecule has 2 atom stereocenters. The number of carbonyl (C=O) groups is 2. The summed E-state index contributed by atoms with van der Waals surface area (Å²) in [7, 11) is -4.36. The highest BCUT2D eigenvalue weighted by Crippen LogP contribution is 2.64. The Morgan fingerprint density at radius 3 is 1.06 bits per heavy atom. The zero-order chi connectivity index (χ0) is 56.9. The van der Waals surface area contributed by atoms with E-state index < -0.39 is 33.0 Å². The quantitative estimate of drug-likeness (QED) is 0.0427. The molecule has 420 valence electrons. The number of hydrogen-bond donors (Lipinski definition) is 1. The summed E-state index contributed by atoms with van der Waals surface area (Å²) in [5.41, 5.74) is -1.40. The van der Waals surface area contributed by atoms with Crippen LogP contribution in [0.25, 0.3) is 0 Å². The SMILES string of the molecule is CC1(C)C2CCC1(CS(=O)(=O)[O-])C(=O)C2.CCCCCN(CCCCC)CCCCC.O=C(O)c1ccccc1[O-].c1ccc([S+](c2ccccc2)c2ccccc2)cc1.c1ccc([S+](c2ccccc2)c2ccccc2)cc1. The minimum absolute atomic E-state index is 0.0146. The van der Waals surface area contributed by atoms with Gasteiger partial charge in [0.15, 0.2) is 29.4 Å². The monoisotopic (exact) mass is 1120 g/mol. The summed E-state index contributed by atoms with van der Waals surface area (Å²) in [6, 6.07) is 69.8. The van der Waals surface area contributed by atoms with Gasteiger partial charge in [-0.2, -0.15) is 0 Å². The number of hydrogen-bond acceptors (Lipinski definition) is 7. The zero-order valence-electron chi connectivity index (χ0n) is 47.1. The van der Waals surface area contributed by atoms with Crippen molar-refractivity contribution in [1.82, 2.24) is 4.90 Å². The molecule has 7 aromatic rings. The highest BCUT2D eigenvalue weighted by atomic mass is 32.2. The molecule has 7 aromatic carbocycles. The van der Waals surface area contributed by atoms with E-state index in [1.165, 1.54) is 131 Å². The summed E-state index contributed by atoms with van der Waals surface area (Å²) in [6.45, 7) is 14.7. The van der Waals surface area contributed by atoms with Crippen LogP contribution >= 0.6 is 0 Å². The van der Waals surface area contributed by atoms with Crippen molar-refractivity contribution in [2.24, 2.45) is 16.7 Å². The summed E-state index contributed by atoms with van der Waals surface area (Å²) in [5.74, 6) is -1.90. The van der Waals surface area contributed by atoms with E-state index in [9.17, 15) is 27.7 Å². The van der Waals surface area contributed by atoms with Crippen molar-refractivity contribution < 1.29 is 32.8 Å². The molecule has 2 fully saturated rings. The first-order valence-electron chi connectivity index (χ1n) is 28.1. The molecule has 0 spiro atoms. The van der Waals surface area contributed by atoms with Gasteiger partial charge in [0.25, 0.3) is 0 Å². The van der Waals surface area contributed by atoms with Crippen LogP contribution in [0.1, 0.15) is 122 Å². The second-order valence-corrected chi connectivity index (χ2v) is 26.1. The average molecular weight is 1120 g/mol. The third-order valence-electron chi connectivity index (χ3n) is 14.8. The molecule has 0 amide bonds. The van der Waals surface area contributed by atoms with Gasteiger partial charge in [-0.15, -0.1) is 0 Å². The Balaban J connectivity index is 0.000000184.